The van der Waals surface area contributed by atoms with Crippen LogP contribution in [0.4, 0.5) is 0 Å². The van der Waals surface area contributed by atoms with Crippen molar-refractivity contribution >= 4 is 9.84 Å². The zero-order chi connectivity index (χ0) is 15.3. The third-order valence-corrected chi connectivity index (χ3v) is 6.17. The highest BCUT2D eigenvalue weighted by Gasteiger charge is 2.42. The summed E-state index contributed by atoms with van der Waals surface area (Å²) in [5.41, 5.74) is 0.783. The number of nitrogens with zero attached hydrogens (tertiary/aromatic N) is 2. The summed E-state index contributed by atoms with van der Waals surface area (Å²) in [5.74, 6) is 3.23. The van der Waals surface area contributed by atoms with Crippen LogP contribution in [0.25, 0.3) is 11.4 Å². The lowest BCUT2D eigenvalue weighted by molar-refractivity contribution is 0.302. The molecule has 0 amide bonds. The van der Waals surface area contributed by atoms with Crippen molar-refractivity contribution in [3.05, 3.63) is 30.2 Å². The molecule has 116 valence electrons. The van der Waals surface area contributed by atoms with Crippen LogP contribution in [0, 0.1) is 11.8 Å². The molecular weight excluding hydrogens is 300 g/mol. The molecule has 6 heteroatoms. The standard InChI is InChI=1S/C16H18N2O3S/c1-22(19,20)13-6-4-11(5-7-13)15-17-16(21-18-15)14-9-10-2-3-12(14)8-10/h4-7,10,12,14H,2-3,8-9H2,1H3/t10-,12-,14+/m0/s1. The van der Waals surface area contributed by atoms with Gasteiger partial charge in [-0.15, -0.1) is 0 Å². The van der Waals surface area contributed by atoms with Gasteiger partial charge in [0.05, 0.1) is 4.90 Å². The van der Waals surface area contributed by atoms with E-state index in [-0.39, 0.29) is 0 Å². The average molecular weight is 318 g/mol. The van der Waals surface area contributed by atoms with Crippen LogP contribution in [0.3, 0.4) is 0 Å². The lowest BCUT2D eigenvalue weighted by atomic mass is 9.89. The first-order valence-electron chi connectivity index (χ1n) is 7.65. The summed E-state index contributed by atoms with van der Waals surface area (Å²) >= 11 is 0. The Morgan fingerprint density at radius 2 is 1.91 bits per heavy atom. The van der Waals surface area contributed by atoms with Crippen LogP contribution in [-0.4, -0.2) is 24.8 Å². The van der Waals surface area contributed by atoms with Crippen molar-refractivity contribution in [2.75, 3.05) is 6.26 Å². The van der Waals surface area contributed by atoms with Gasteiger partial charge in [0.15, 0.2) is 9.84 Å². The Kier molecular flexibility index (Phi) is 3.11. The van der Waals surface area contributed by atoms with Crippen molar-refractivity contribution in [1.82, 2.24) is 10.1 Å². The molecule has 22 heavy (non-hydrogen) atoms. The Morgan fingerprint density at radius 1 is 1.14 bits per heavy atom. The number of aromatic nitrogens is 2. The minimum Gasteiger partial charge on any atom is -0.339 e. The normalized spacial score (nSPS) is 27.4. The molecule has 1 heterocycles. The van der Waals surface area contributed by atoms with Gasteiger partial charge in [0.2, 0.25) is 11.7 Å². The molecule has 3 atom stereocenters. The molecule has 0 unspecified atom stereocenters. The van der Waals surface area contributed by atoms with E-state index < -0.39 is 9.84 Å². The molecule has 2 aromatic rings. The van der Waals surface area contributed by atoms with Crippen molar-refractivity contribution < 1.29 is 12.9 Å². The van der Waals surface area contributed by atoms with Gasteiger partial charge in [-0.05, 0) is 55.4 Å². The van der Waals surface area contributed by atoms with E-state index in [4.69, 9.17) is 4.52 Å². The fourth-order valence-electron chi connectivity index (χ4n) is 3.90. The second-order valence-electron chi connectivity index (χ2n) is 6.53. The van der Waals surface area contributed by atoms with Crippen molar-refractivity contribution in [2.24, 2.45) is 11.8 Å². The summed E-state index contributed by atoms with van der Waals surface area (Å²) in [7, 11) is -3.18. The minimum absolute atomic E-state index is 0.299. The van der Waals surface area contributed by atoms with Crippen LogP contribution < -0.4 is 0 Å². The van der Waals surface area contributed by atoms with Crippen LogP contribution in [-0.2, 0) is 9.84 Å². The van der Waals surface area contributed by atoms with Gasteiger partial charge < -0.3 is 4.52 Å². The summed E-state index contributed by atoms with van der Waals surface area (Å²) < 4.78 is 28.4. The van der Waals surface area contributed by atoms with Crippen molar-refractivity contribution in [3.63, 3.8) is 0 Å². The van der Waals surface area contributed by atoms with Crippen LogP contribution in [0.2, 0.25) is 0 Å². The first-order chi connectivity index (χ1) is 10.5. The maximum absolute atomic E-state index is 11.5. The summed E-state index contributed by atoms with van der Waals surface area (Å²) in [6.45, 7) is 0. The first kappa shape index (κ1) is 13.9. The zero-order valence-corrected chi connectivity index (χ0v) is 13.2. The Hall–Kier alpha value is -1.69. The molecule has 0 aliphatic heterocycles. The fourth-order valence-corrected chi connectivity index (χ4v) is 4.53. The van der Waals surface area contributed by atoms with Crippen LogP contribution in [0.1, 0.15) is 37.5 Å². The van der Waals surface area contributed by atoms with E-state index in [1.165, 1.54) is 31.9 Å². The Bertz CT molecular complexity index is 795. The van der Waals surface area contributed by atoms with E-state index >= 15 is 0 Å². The number of sulfone groups is 1. The van der Waals surface area contributed by atoms with Crippen LogP contribution >= 0.6 is 0 Å². The van der Waals surface area contributed by atoms with Gasteiger partial charge in [0.25, 0.3) is 0 Å². The maximum atomic E-state index is 11.5. The van der Waals surface area contributed by atoms with Gasteiger partial charge >= 0.3 is 0 Å². The van der Waals surface area contributed by atoms with E-state index in [0.717, 1.165) is 17.4 Å². The highest BCUT2D eigenvalue weighted by Crippen LogP contribution is 2.52. The third-order valence-electron chi connectivity index (χ3n) is 5.04. The molecule has 2 fully saturated rings. The molecule has 0 radical (unpaired) electrons. The Labute approximate surface area is 129 Å². The quantitative estimate of drug-likeness (QED) is 0.869. The third kappa shape index (κ3) is 2.35. The van der Waals surface area contributed by atoms with E-state index in [9.17, 15) is 8.42 Å². The molecule has 0 N–H and O–H groups in total. The molecule has 2 bridgehead atoms. The smallest absolute Gasteiger partial charge is 0.230 e. The van der Waals surface area contributed by atoms with Gasteiger partial charge in [-0.3, -0.25) is 0 Å². The van der Waals surface area contributed by atoms with Crippen molar-refractivity contribution in [2.45, 2.75) is 36.5 Å². The second kappa shape index (κ2) is 4.91. The molecule has 2 aliphatic carbocycles. The van der Waals surface area contributed by atoms with Crippen molar-refractivity contribution in [1.29, 1.82) is 0 Å². The number of fused-ring (bicyclic) bond motifs is 2. The number of rotatable bonds is 3. The monoisotopic (exact) mass is 318 g/mol. The number of benzene rings is 1. The lowest BCUT2D eigenvalue weighted by Crippen LogP contribution is -2.08. The summed E-state index contributed by atoms with van der Waals surface area (Å²) in [5, 5.41) is 4.07. The number of hydrogen-bond acceptors (Lipinski definition) is 5. The second-order valence-corrected chi connectivity index (χ2v) is 8.55. The highest BCUT2D eigenvalue weighted by molar-refractivity contribution is 7.90. The predicted molar refractivity (Wildman–Crippen MR) is 81.0 cm³/mol. The van der Waals surface area contributed by atoms with E-state index in [1.54, 1.807) is 24.3 Å². The molecule has 5 nitrogen and oxygen atoms in total. The maximum Gasteiger partial charge on any atom is 0.230 e. The molecule has 1 aromatic heterocycles. The SMILES string of the molecule is CS(=O)(=O)c1ccc(-c2noc([C@@H]3C[C@H]4CC[C@H]3C4)n2)cc1. The topological polar surface area (TPSA) is 73.1 Å². The highest BCUT2D eigenvalue weighted by atomic mass is 32.2. The fraction of sp³-hybridized carbons (Fsp3) is 0.500. The largest absolute Gasteiger partial charge is 0.339 e. The molecule has 2 saturated carbocycles. The van der Waals surface area contributed by atoms with Crippen LogP contribution in [0.15, 0.2) is 33.7 Å². The summed E-state index contributed by atoms with van der Waals surface area (Å²) in [6.07, 6.45) is 6.28. The van der Waals surface area contributed by atoms with Crippen molar-refractivity contribution in [3.8, 4) is 11.4 Å². The van der Waals surface area contributed by atoms with E-state index in [0.29, 0.717) is 22.6 Å². The minimum atomic E-state index is -3.18. The van der Waals surface area contributed by atoms with Gasteiger partial charge in [0, 0.05) is 17.7 Å². The van der Waals surface area contributed by atoms with Gasteiger partial charge in [0.1, 0.15) is 0 Å². The summed E-state index contributed by atoms with van der Waals surface area (Å²) in [6, 6.07) is 6.62. The Balaban J connectivity index is 1.59. The average Bonchev–Trinajstić information content (AvgIpc) is 3.22. The van der Waals surface area contributed by atoms with Gasteiger partial charge in [-0.2, -0.15) is 4.98 Å². The zero-order valence-electron chi connectivity index (χ0n) is 12.4. The van der Waals surface area contributed by atoms with Gasteiger partial charge in [-0.25, -0.2) is 8.42 Å². The molecule has 4 rings (SSSR count). The molecular formula is C16H18N2O3S. The summed E-state index contributed by atoms with van der Waals surface area (Å²) in [4.78, 5) is 4.85. The molecule has 2 aliphatic rings. The Morgan fingerprint density at radius 3 is 2.50 bits per heavy atom. The molecule has 0 spiro atoms. The van der Waals surface area contributed by atoms with E-state index in [1.807, 2.05) is 0 Å². The number of hydrogen-bond donors (Lipinski definition) is 0. The molecule has 1 aromatic carbocycles. The van der Waals surface area contributed by atoms with E-state index in [2.05, 4.69) is 10.1 Å². The first-order valence-corrected chi connectivity index (χ1v) is 9.54. The van der Waals surface area contributed by atoms with Crippen LogP contribution in [0.5, 0.6) is 0 Å². The predicted octanol–water partition coefficient (Wildman–Crippen LogP) is 3.04. The lowest BCUT2D eigenvalue weighted by Gasteiger charge is -2.16. The van der Waals surface area contributed by atoms with Gasteiger partial charge in [-0.1, -0.05) is 11.6 Å². The molecule has 0 saturated heterocycles.